The lowest BCUT2D eigenvalue weighted by molar-refractivity contribution is -0.140. The van der Waals surface area contributed by atoms with Crippen LogP contribution in [-0.4, -0.2) is 116 Å². The highest BCUT2D eigenvalue weighted by Gasteiger charge is 2.55. The van der Waals surface area contributed by atoms with Gasteiger partial charge in [0.05, 0.1) is 32.8 Å². The number of hydrogen-bond acceptors (Lipinski definition) is 10. The standard InChI is InChI=1S/C44H62N8O4S4/c1-25(45-7)39(57)49-31-19-21-59-33-23-43(3,4)35(51(33)41(31)55)37(53)47-29-15-11-27(12-16-29)9-10-28-13-17-30(18-14-28)48-38(54)36-44(5,6)24-34-52(36)42(56)32(20-22-60-34)50-40(58)26(2)46-8/h11-18,25-26,31-36,45-46H,9-10,19-24H2,1-8H3,(H,47,53)(H,48,54)(H,49,57)(H,50,58)/t25-,26-,31-,32-,33?,34?,35+,36+/m0/s1. The van der Waals surface area contributed by atoms with E-state index < -0.39 is 35.0 Å². The Hall–Kier alpha value is -3.28. The predicted octanol–water partition coefficient (Wildman–Crippen LogP) is 5.32. The number of benzene rings is 2. The van der Waals surface area contributed by atoms with Gasteiger partial charge < -0.3 is 41.7 Å². The molecule has 2 aromatic carbocycles. The van der Waals surface area contributed by atoms with E-state index in [1.54, 1.807) is 33.3 Å². The lowest BCUT2D eigenvalue weighted by Gasteiger charge is -2.34. The number of rotatable bonds is 13. The van der Waals surface area contributed by atoms with Crippen LogP contribution in [0.15, 0.2) is 48.5 Å². The van der Waals surface area contributed by atoms with Crippen LogP contribution in [0.3, 0.4) is 0 Å². The average Bonchev–Trinajstić information content (AvgIpc) is 3.53. The van der Waals surface area contributed by atoms with Gasteiger partial charge in [-0.15, -0.1) is 23.5 Å². The Labute approximate surface area is 375 Å². The van der Waals surface area contributed by atoms with Gasteiger partial charge in [0.1, 0.15) is 24.2 Å². The lowest BCUT2D eigenvalue weighted by atomic mass is 9.84. The van der Waals surface area contributed by atoms with Crippen molar-refractivity contribution >= 4 is 92.9 Å². The first-order valence-corrected chi connectivity index (χ1v) is 24.0. The second kappa shape index (κ2) is 19.4. The Kier molecular flexibility index (Phi) is 15.0. The summed E-state index contributed by atoms with van der Waals surface area (Å²) >= 11 is 14.6. The predicted molar refractivity (Wildman–Crippen MR) is 253 cm³/mol. The third-order valence-electron chi connectivity index (χ3n) is 12.5. The number of hydrogen-bond donors (Lipinski definition) is 6. The highest BCUT2D eigenvalue weighted by Crippen LogP contribution is 2.48. The molecule has 4 aliphatic rings. The molecule has 0 spiro atoms. The highest BCUT2D eigenvalue weighted by molar-refractivity contribution is 8.00. The van der Waals surface area contributed by atoms with E-state index in [0.29, 0.717) is 34.2 Å². The van der Waals surface area contributed by atoms with Gasteiger partial charge >= 0.3 is 0 Å². The van der Waals surface area contributed by atoms with Crippen molar-refractivity contribution < 1.29 is 19.2 Å². The molecule has 60 heavy (non-hydrogen) atoms. The molecule has 326 valence electrons. The van der Waals surface area contributed by atoms with Gasteiger partial charge in [-0.25, -0.2) is 0 Å². The fraction of sp³-hybridized carbons (Fsp3) is 0.591. The van der Waals surface area contributed by atoms with Crippen molar-refractivity contribution in [3.05, 3.63) is 59.7 Å². The summed E-state index contributed by atoms with van der Waals surface area (Å²) in [6.45, 7) is 12.2. The van der Waals surface area contributed by atoms with E-state index in [1.165, 1.54) is 0 Å². The maximum absolute atomic E-state index is 14.0. The van der Waals surface area contributed by atoms with Crippen molar-refractivity contribution in [3.63, 3.8) is 0 Å². The number of nitrogens with zero attached hydrogens (tertiary/aromatic N) is 2. The minimum atomic E-state index is -0.614. The van der Waals surface area contributed by atoms with Gasteiger partial charge in [-0.2, -0.15) is 0 Å². The van der Waals surface area contributed by atoms with Crippen LogP contribution in [0.1, 0.15) is 78.4 Å². The number of carbonyl (C=O) groups excluding carboxylic acids is 4. The molecule has 4 fully saturated rings. The molecule has 0 aliphatic carbocycles. The Morgan fingerprint density at radius 3 is 1.35 bits per heavy atom. The smallest absolute Gasteiger partial charge is 0.247 e. The number of aryl methyl sites for hydroxylation is 2. The second-order valence-electron chi connectivity index (χ2n) is 17.9. The summed E-state index contributed by atoms with van der Waals surface area (Å²) in [5.74, 6) is 1.10. The van der Waals surface area contributed by atoms with Crippen LogP contribution in [-0.2, 0) is 32.0 Å². The summed E-state index contributed by atoms with van der Waals surface area (Å²) in [6.07, 6.45) is 4.35. The van der Waals surface area contributed by atoms with Gasteiger partial charge in [0.2, 0.25) is 23.6 Å². The van der Waals surface area contributed by atoms with Crippen LogP contribution in [0.5, 0.6) is 0 Å². The van der Waals surface area contributed by atoms with Crippen LogP contribution >= 0.6 is 48.0 Å². The highest BCUT2D eigenvalue weighted by atomic mass is 32.2. The molecule has 6 N–H and O–H groups in total. The Morgan fingerprint density at radius 2 is 1.02 bits per heavy atom. The van der Waals surface area contributed by atoms with Gasteiger partial charge in [-0.3, -0.25) is 19.2 Å². The van der Waals surface area contributed by atoms with Crippen LogP contribution in [0.2, 0.25) is 0 Å². The molecule has 6 rings (SSSR count). The van der Waals surface area contributed by atoms with Gasteiger partial charge in [0.25, 0.3) is 0 Å². The van der Waals surface area contributed by atoms with E-state index in [0.717, 1.165) is 48.3 Å². The average molecular weight is 895 g/mol. The maximum atomic E-state index is 14.0. The van der Waals surface area contributed by atoms with Crippen molar-refractivity contribution in [2.45, 2.75) is 127 Å². The van der Waals surface area contributed by atoms with E-state index in [4.69, 9.17) is 24.4 Å². The fourth-order valence-corrected chi connectivity index (χ4v) is 12.5. The molecular weight excluding hydrogens is 833 g/mol. The maximum Gasteiger partial charge on any atom is 0.247 e. The first-order valence-electron chi connectivity index (χ1n) is 21.1. The van der Waals surface area contributed by atoms with E-state index in [-0.39, 0.29) is 46.5 Å². The molecule has 0 saturated carbocycles. The number of thiocarbonyl (C=S) groups is 2. The number of fused-ring (bicyclic) bond motifs is 2. The zero-order valence-corrected chi connectivity index (χ0v) is 39.3. The number of carbonyl (C=O) groups is 4. The molecule has 0 radical (unpaired) electrons. The topological polar surface area (TPSA) is 147 Å². The van der Waals surface area contributed by atoms with E-state index >= 15 is 0 Å². The van der Waals surface area contributed by atoms with Crippen molar-refractivity contribution in [1.82, 2.24) is 31.1 Å². The van der Waals surface area contributed by atoms with Crippen LogP contribution in [0.4, 0.5) is 11.4 Å². The zero-order chi connectivity index (χ0) is 43.5. The van der Waals surface area contributed by atoms with Crippen LogP contribution in [0, 0.1) is 10.8 Å². The molecule has 16 heteroatoms. The van der Waals surface area contributed by atoms with Gasteiger partial charge in [-0.1, -0.05) is 76.4 Å². The van der Waals surface area contributed by atoms with Crippen molar-refractivity contribution in [2.75, 3.05) is 36.2 Å². The molecule has 4 amide bonds. The fourth-order valence-electron chi connectivity index (χ4n) is 8.78. The Morgan fingerprint density at radius 1 is 0.667 bits per heavy atom. The van der Waals surface area contributed by atoms with E-state index in [9.17, 15) is 19.2 Å². The molecule has 0 aromatic heterocycles. The molecule has 0 bridgehead atoms. The Bertz CT molecular complexity index is 1790. The number of nitrogens with one attached hydrogen (secondary N) is 6. The van der Waals surface area contributed by atoms with Crippen molar-refractivity contribution in [2.24, 2.45) is 10.8 Å². The second-order valence-corrected chi connectivity index (χ2v) is 21.4. The summed E-state index contributed by atoms with van der Waals surface area (Å²) in [7, 11) is 3.67. The van der Waals surface area contributed by atoms with Crippen molar-refractivity contribution in [1.29, 1.82) is 0 Å². The minimum absolute atomic E-state index is 0.0656. The normalized spacial score (nSPS) is 26.8. The van der Waals surface area contributed by atoms with Crippen LogP contribution in [0.25, 0.3) is 0 Å². The molecule has 4 heterocycles. The monoisotopic (exact) mass is 894 g/mol. The minimum Gasteiger partial charge on any atom is -0.367 e. The quantitative estimate of drug-likeness (QED) is 0.145. The SMILES string of the molecule is CN[C@@H](C)C(=S)N[C@H]1CCSC2CC(C)(C)[C@@H](C(=O)Nc3ccc(CCc4ccc(NC(=O)[C@H]5N6C(=O)[C@@H](NC(=S)[C@H](C)NC)CCSC6CC5(C)C)cc4)cc3)N2C1=O. The summed E-state index contributed by atoms with van der Waals surface area (Å²) in [5, 5.41) is 18.9. The third-order valence-corrected chi connectivity index (χ3v) is 16.0. The third kappa shape index (κ3) is 10.3. The van der Waals surface area contributed by atoms with Gasteiger partial charge in [-0.05, 0) is 124 Å². The van der Waals surface area contributed by atoms with Crippen LogP contribution < -0.4 is 31.9 Å². The summed E-state index contributed by atoms with van der Waals surface area (Å²) < 4.78 is 0. The number of likely N-dealkylation sites (N-methyl/N-ethyl adjacent to an activating group) is 2. The molecule has 8 atom stereocenters. The summed E-state index contributed by atoms with van der Waals surface area (Å²) in [5.41, 5.74) is 2.81. The number of anilines is 2. The molecule has 2 aromatic rings. The van der Waals surface area contributed by atoms with E-state index in [1.807, 2.05) is 76.5 Å². The first-order chi connectivity index (χ1) is 28.4. The molecule has 12 nitrogen and oxygen atoms in total. The van der Waals surface area contributed by atoms with Gasteiger partial charge in [0, 0.05) is 11.4 Å². The molecule has 2 unspecified atom stereocenters. The summed E-state index contributed by atoms with van der Waals surface area (Å²) in [4.78, 5) is 60.7. The summed E-state index contributed by atoms with van der Waals surface area (Å²) in [6, 6.07) is 13.5. The molecule has 4 saturated heterocycles. The number of thioether (sulfide) groups is 2. The van der Waals surface area contributed by atoms with E-state index in [2.05, 4.69) is 59.6 Å². The Balaban J connectivity index is 1.04. The molecule has 4 aliphatic heterocycles. The number of amides is 4. The van der Waals surface area contributed by atoms with Crippen molar-refractivity contribution in [3.8, 4) is 0 Å². The lowest BCUT2D eigenvalue weighted by Crippen LogP contribution is -2.56. The van der Waals surface area contributed by atoms with Gasteiger partial charge in [0.15, 0.2) is 0 Å². The molecular formula is C44H62N8O4S4. The first kappa shape index (κ1) is 46.2. The zero-order valence-electron chi connectivity index (χ0n) is 36.1. The largest absolute Gasteiger partial charge is 0.367 e.